The quantitative estimate of drug-likeness (QED) is 0.770. The van der Waals surface area contributed by atoms with Crippen molar-refractivity contribution in [2.75, 3.05) is 4.72 Å². The maximum Gasteiger partial charge on any atom is 0.280 e. The Morgan fingerprint density at radius 3 is 2.77 bits per heavy atom. The van der Waals surface area contributed by atoms with Crippen LogP contribution in [0.25, 0.3) is 10.9 Å². The van der Waals surface area contributed by atoms with Gasteiger partial charge in [0.05, 0.1) is 21.8 Å². The number of anilines is 1. The van der Waals surface area contributed by atoms with E-state index in [9.17, 15) is 8.42 Å². The zero-order chi connectivity index (χ0) is 15.9. The lowest BCUT2D eigenvalue weighted by molar-refractivity contribution is 0.598. The summed E-state index contributed by atoms with van der Waals surface area (Å²) in [5.74, 6) is 0. The standard InChI is InChI=1S/C14H12N4O2S2/c1-8-3-4-11(14-13(8)10(5-15)6-16-14)18-22(19,20)12-7-21-9(2)17-12/h3-4,6-7,16,18H,1-2H3. The van der Waals surface area contributed by atoms with Gasteiger partial charge in [-0.3, -0.25) is 4.72 Å². The number of hydrogen-bond donors (Lipinski definition) is 2. The average molecular weight is 332 g/mol. The number of nitriles is 1. The van der Waals surface area contributed by atoms with E-state index >= 15 is 0 Å². The molecule has 0 amide bonds. The lowest BCUT2D eigenvalue weighted by Crippen LogP contribution is -2.13. The maximum atomic E-state index is 12.4. The van der Waals surface area contributed by atoms with Crippen LogP contribution in [0.2, 0.25) is 0 Å². The molecule has 0 fully saturated rings. The number of benzene rings is 1. The molecule has 0 aliphatic carbocycles. The third-order valence-electron chi connectivity index (χ3n) is 3.28. The van der Waals surface area contributed by atoms with E-state index in [1.54, 1.807) is 25.3 Å². The Morgan fingerprint density at radius 1 is 1.36 bits per heavy atom. The number of aromatic amines is 1. The summed E-state index contributed by atoms with van der Waals surface area (Å²) in [6.07, 6.45) is 1.57. The molecule has 22 heavy (non-hydrogen) atoms. The van der Waals surface area contributed by atoms with Crippen molar-refractivity contribution in [3.05, 3.63) is 39.8 Å². The second-order valence-corrected chi connectivity index (χ2v) is 7.50. The van der Waals surface area contributed by atoms with Crippen molar-refractivity contribution in [1.82, 2.24) is 9.97 Å². The number of thiazole rings is 1. The molecule has 112 valence electrons. The highest BCUT2D eigenvalue weighted by molar-refractivity contribution is 7.92. The third-order valence-corrected chi connectivity index (χ3v) is 5.45. The molecule has 0 unspecified atom stereocenters. The van der Waals surface area contributed by atoms with E-state index in [4.69, 9.17) is 5.26 Å². The average Bonchev–Trinajstić information content (AvgIpc) is 3.08. The van der Waals surface area contributed by atoms with Gasteiger partial charge in [-0.25, -0.2) is 4.98 Å². The van der Waals surface area contributed by atoms with Gasteiger partial charge >= 0.3 is 0 Å². The van der Waals surface area contributed by atoms with Crippen LogP contribution in [-0.4, -0.2) is 18.4 Å². The Balaban J connectivity index is 2.11. The Morgan fingerprint density at radius 2 is 2.14 bits per heavy atom. The van der Waals surface area contributed by atoms with Crippen LogP contribution >= 0.6 is 11.3 Å². The van der Waals surface area contributed by atoms with Gasteiger partial charge in [-0.2, -0.15) is 13.7 Å². The van der Waals surface area contributed by atoms with Crippen molar-refractivity contribution < 1.29 is 8.42 Å². The summed E-state index contributed by atoms with van der Waals surface area (Å²) in [5, 5.41) is 12.0. The first-order chi connectivity index (χ1) is 10.4. The van der Waals surface area contributed by atoms with Crippen molar-refractivity contribution in [1.29, 1.82) is 5.26 Å². The molecule has 0 saturated carbocycles. The molecule has 3 rings (SSSR count). The number of hydrogen-bond acceptors (Lipinski definition) is 5. The lowest BCUT2D eigenvalue weighted by Gasteiger charge is -2.08. The Bertz CT molecular complexity index is 1010. The van der Waals surface area contributed by atoms with Gasteiger partial charge < -0.3 is 4.98 Å². The normalized spacial score (nSPS) is 11.5. The van der Waals surface area contributed by atoms with E-state index in [1.165, 1.54) is 16.7 Å². The predicted molar refractivity (Wildman–Crippen MR) is 85.4 cm³/mol. The van der Waals surface area contributed by atoms with Crippen LogP contribution in [-0.2, 0) is 10.0 Å². The second kappa shape index (κ2) is 5.12. The van der Waals surface area contributed by atoms with Gasteiger partial charge in [0, 0.05) is 17.0 Å². The summed E-state index contributed by atoms with van der Waals surface area (Å²) in [7, 11) is -3.75. The number of fused-ring (bicyclic) bond motifs is 1. The fourth-order valence-electron chi connectivity index (χ4n) is 2.26. The van der Waals surface area contributed by atoms with Crippen LogP contribution in [0, 0.1) is 25.2 Å². The van der Waals surface area contributed by atoms with Crippen molar-refractivity contribution in [2.45, 2.75) is 18.9 Å². The zero-order valence-corrected chi connectivity index (χ0v) is 13.5. The maximum absolute atomic E-state index is 12.4. The summed E-state index contributed by atoms with van der Waals surface area (Å²) < 4.78 is 27.3. The van der Waals surface area contributed by atoms with E-state index in [1.807, 2.05) is 6.92 Å². The zero-order valence-electron chi connectivity index (χ0n) is 11.8. The van der Waals surface area contributed by atoms with Gasteiger partial charge in [0.25, 0.3) is 10.0 Å². The molecule has 0 bridgehead atoms. The van der Waals surface area contributed by atoms with Crippen LogP contribution in [0.3, 0.4) is 0 Å². The number of nitrogens with zero attached hydrogens (tertiary/aromatic N) is 2. The van der Waals surface area contributed by atoms with Crippen molar-refractivity contribution in [2.24, 2.45) is 0 Å². The number of sulfonamides is 1. The third kappa shape index (κ3) is 2.34. The molecular formula is C14H12N4O2S2. The number of aromatic nitrogens is 2. The fourth-order valence-corrected chi connectivity index (χ4v) is 4.26. The monoisotopic (exact) mass is 332 g/mol. The van der Waals surface area contributed by atoms with Crippen LogP contribution in [0.15, 0.2) is 28.7 Å². The van der Waals surface area contributed by atoms with Gasteiger partial charge in [0.2, 0.25) is 0 Å². The van der Waals surface area contributed by atoms with E-state index in [0.29, 0.717) is 21.8 Å². The molecular weight excluding hydrogens is 320 g/mol. The first-order valence-corrected chi connectivity index (χ1v) is 8.74. The Hall–Kier alpha value is -2.37. The van der Waals surface area contributed by atoms with Gasteiger partial charge in [0.1, 0.15) is 6.07 Å². The predicted octanol–water partition coefficient (Wildman–Crippen LogP) is 2.91. The molecule has 2 heterocycles. The summed E-state index contributed by atoms with van der Waals surface area (Å²) >= 11 is 1.27. The molecule has 0 aliphatic rings. The van der Waals surface area contributed by atoms with Crippen LogP contribution in [0.1, 0.15) is 16.1 Å². The minimum atomic E-state index is -3.75. The van der Waals surface area contributed by atoms with Crippen LogP contribution in [0.5, 0.6) is 0 Å². The van der Waals surface area contributed by atoms with Gasteiger partial charge in [-0.05, 0) is 25.5 Å². The fraction of sp³-hybridized carbons (Fsp3) is 0.143. The van der Waals surface area contributed by atoms with Crippen molar-refractivity contribution in [3.63, 3.8) is 0 Å². The van der Waals surface area contributed by atoms with Crippen LogP contribution < -0.4 is 4.72 Å². The molecule has 6 nitrogen and oxygen atoms in total. The van der Waals surface area contributed by atoms with Gasteiger partial charge in [-0.15, -0.1) is 11.3 Å². The van der Waals surface area contributed by atoms with E-state index in [-0.39, 0.29) is 5.03 Å². The minimum Gasteiger partial charge on any atom is -0.358 e. The first-order valence-electron chi connectivity index (χ1n) is 6.38. The molecule has 2 aromatic heterocycles. The molecule has 1 aromatic carbocycles. The first kappa shape index (κ1) is 14.6. The SMILES string of the molecule is Cc1nc(S(=O)(=O)Nc2ccc(C)c3c(C#N)c[nH]c23)cs1. The summed E-state index contributed by atoms with van der Waals surface area (Å²) in [4.78, 5) is 6.96. The number of rotatable bonds is 3. The number of H-pyrrole nitrogens is 1. The molecule has 0 saturated heterocycles. The Kier molecular flexibility index (Phi) is 3.39. The highest BCUT2D eigenvalue weighted by Crippen LogP contribution is 2.30. The second-order valence-electron chi connectivity index (χ2n) is 4.80. The van der Waals surface area contributed by atoms with Crippen molar-refractivity contribution >= 4 is 38.0 Å². The molecule has 0 radical (unpaired) electrons. The van der Waals surface area contributed by atoms with Crippen molar-refractivity contribution in [3.8, 4) is 6.07 Å². The van der Waals surface area contributed by atoms with E-state index < -0.39 is 10.0 Å². The summed E-state index contributed by atoms with van der Waals surface area (Å²) in [6.45, 7) is 3.62. The van der Waals surface area contributed by atoms with E-state index in [0.717, 1.165) is 10.9 Å². The largest absolute Gasteiger partial charge is 0.358 e. The Labute approximate surface area is 131 Å². The smallest absolute Gasteiger partial charge is 0.280 e. The van der Waals surface area contributed by atoms with Gasteiger partial charge in [-0.1, -0.05) is 6.07 Å². The molecule has 0 aliphatic heterocycles. The molecule has 0 atom stereocenters. The highest BCUT2D eigenvalue weighted by Gasteiger charge is 2.20. The number of nitrogens with one attached hydrogen (secondary N) is 2. The topological polar surface area (TPSA) is 98.6 Å². The summed E-state index contributed by atoms with van der Waals surface area (Å²) in [5.41, 5.74) is 2.37. The van der Waals surface area contributed by atoms with E-state index in [2.05, 4.69) is 20.8 Å². The number of aryl methyl sites for hydroxylation is 2. The van der Waals surface area contributed by atoms with Crippen LogP contribution in [0.4, 0.5) is 5.69 Å². The highest BCUT2D eigenvalue weighted by atomic mass is 32.2. The molecule has 0 spiro atoms. The molecule has 3 aromatic rings. The molecule has 8 heteroatoms. The lowest BCUT2D eigenvalue weighted by atomic mass is 10.1. The summed E-state index contributed by atoms with van der Waals surface area (Å²) in [6, 6.07) is 5.55. The minimum absolute atomic E-state index is 0.00390. The molecule has 2 N–H and O–H groups in total. The van der Waals surface area contributed by atoms with Gasteiger partial charge in [0.15, 0.2) is 5.03 Å².